The predicted molar refractivity (Wildman–Crippen MR) is 101 cm³/mol. The third-order valence-corrected chi connectivity index (χ3v) is 5.09. The maximum atomic E-state index is 11.7. The Morgan fingerprint density at radius 1 is 1.48 bits per heavy atom. The molecule has 2 atom stereocenters. The van der Waals surface area contributed by atoms with E-state index < -0.39 is 0 Å². The molecule has 1 aliphatic carbocycles. The van der Waals surface area contributed by atoms with Crippen LogP contribution in [-0.2, 0) is 4.79 Å². The molecule has 1 N–H and O–H groups in total. The minimum absolute atomic E-state index is 0.0205. The first-order chi connectivity index (χ1) is 10.9. The first-order valence-corrected chi connectivity index (χ1v) is 9.13. The van der Waals surface area contributed by atoms with Gasteiger partial charge in [-0.3, -0.25) is 4.79 Å². The van der Waals surface area contributed by atoms with Crippen LogP contribution in [0.3, 0.4) is 0 Å². The van der Waals surface area contributed by atoms with Crippen LogP contribution in [-0.4, -0.2) is 12.5 Å². The predicted octanol–water partition coefficient (Wildman–Crippen LogP) is 5.48. The van der Waals surface area contributed by atoms with Gasteiger partial charge < -0.3 is 5.32 Å². The Labute approximate surface area is 152 Å². The molecule has 1 fully saturated rings. The van der Waals surface area contributed by atoms with Crippen molar-refractivity contribution in [2.45, 2.75) is 33.1 Å². The molecular formula is C19H23BrClNO. The number of carbonyl (C=O) groups is 1. The summed E-state index contributed by atoms with van der Waals surface area (Å²) in [5, 5.41) is 3.65. The second kappa shape index (κ2) is 8.16. The summed E-state index contributed by atoms with van der Waals surface area (Å²) >= 11 is 9.57. The van der Waals surface area contributed by atoms with Crippen LogP contribution in [0.15, 0.2) is 46.5 Å². The standard InChI is InChI=1S/C19H23BrClNO/c1-12(2)11-22-19(23)8-13(3)4-5-14-9-16(14)15-6-7-17(20)18(21)10-15/h4-8,10,12,14,16H,9,11H2,1-3H3,(H,22,23). The van der Waals surface area contributed by atoms with Crippen molar-refractivity contribution in [3.63, 3.8) is 0 Å². The summed E-state index contributed by atoms with van der Waals surface area (Å²) in [6, 6.07) is 6.16. The molecule has 23 heavy (non-hydrogen) atoms. The molecule has 2 nitrogen and oxygen atoms in total. The number of halogens is 2. The van der Waals surface area contributed by atoms with E-state index in [1.54, 1.807) is 6.08 Å². The van der Waals surface area contributed by atoms with Gasteiger partial charge in [0.2, 0.25) is 5.91 Å². The lowest BCUT2D eigenvalue weighted by Crippen LogP contribution is -2.25. The fourth-order valence-corrected chi connectivity index (χ4v) is 2.88. The molecule has 4 heteroatoms. The molecule has 2 rings (SSSR count). The minimum atomic E-state index is -0.0205. The maximum Gasteiger partial charge on any atom is 0.244 e. The first kappa shape index (κ1) is 18.3. The average Bonchev–Trinajstić information content (AvgIpc) is 3.25. The third-order valence-electron chi connectivity index (χ3n) is 3.86. The molecule has 1 amide bonds. The fourth-order valence-electron chi connectivity index (χ4n) is 2.44. The van der Waals surface area contributed by atoms with E-state index in [0.29, 0.717) is 24.3 Å². The Bertz CT molecular complexity index is 636. The van der Waals surface area contributed by atoms with Gasteiger partial charge in [0.25, 0.3) is 0 Å². The highest BCUT2D eigenvalue weighted by Crippen LogP contribution is 2.49. The van der Waals surface area contributed by atoms with Crippen molar-refractivity contribution < 1.29 is 4.79 Å². The van der Waals surface area contributed by atoms with Crippen molar-refractivity contribution in [2.75, 3.05) is 6.54 Å². The summed E-state index contributed by atoms with van der Waals surface area (Å²) in [4.78, 5) is 11.7. The minimum Gasteiger partial charge on any atom is -0.352 e. The van der Waals surface area contributed by atoms with Crippen molar-refractivity contribution in [3.05, 3.63) is 57.1 Å². The lowest BCUT2D eigenvalue weighted by molar-refractivity contribution is -0.116. The van der Waals surface area contributed by atoms with E-state index >= 15 is 0 Å². The number of carbonyl (C=O) groups excluding carboxylic acids is 1. The van der Waals surface area contributed by atoms with E-state index in [9.17, 15) is 4.79 Å². The van der Waals surface area contributed by atoms with Crippen molar-refractivity contribution in [3.8, 4) is 0 Å². The third kappa shape index (κ3) is 5.82. The van der Waals surface area contributed by atoms with Gasteiger partial charge >= 0.3 is 0 Å². The topological polar surface area (TPSA) is 29.1 Å². The van der Waals surface area contributed by atoms with E-state index in [2.05, 4.69) is 47.2 Å². The van der Waals surface area contributed by atoms with Crippen LogP contribution in [0, 0.1) is 11.8 Å². The van der Waals surface area contributed by atoms with Crippen LogP contribution in [0.2, 0.25) is 5.02 Å². The molecular weight excluding hydrogens is 374 g/mol. The molecule has 0 radical (unpaired) electrons. The smallest absolute Gasteiger partial charge is 0.244 e. The van der Waals surface area contributed by atoms with Crippen LogP contribution >= 0.6 is 27.5 Å². The van der Waals surface area contributed by atoms with Gasteiger partial charge in [-0.2, -0.15) is 0 Å². The molecule has 124 valence electrons. The molecule has 0 aliphatic heterocycles. The Balaban J connectivity index is 1.87. The largest absolute Gasteiger partial charge is 0.352 e. The van der Waals surface area contributed by atoms with Crippen LogP contribution in [0.1, 0.15) is 38.7 Å². The second-order valence-corrected chi connectivity index (χ2v) is 7.83. The molecule has 1 aliphatic rings. The van der Waals surface area contributed by atoms with Crippen LogP contribution in [0.25, 0.3) is 0 Å². The van der Waals surface area contributed by atoms with Gasteiger partial charge in [-0.05, 0) is 70.3 Å². The van der Waals surface area contributed by atoms with Crippen molar-refractivity contribution in [1.29, 1.82) is 0 Å². The number of hydrogen-bond acceptors (Lipinski definition) is 1. The summed E-state index contributed by atoms with van der Waals surface area (Å²) in [6.07, 6.45) is 7.04. The summed E-state index contributed by atoms with van der Waals surface area (Å²) < 4.78 is 0.932. The Kier molecular flexibility index (Phi) is 6.49. The normalized spacial score (nSPS) is 21.0. The van der Waals surface area contributed by atoms with Gasteiger partial charge in [-0.15, -0.1) is 0 Å². The summed E-state index contributed by atoms with van der Waals surface area (Å²) in [6.45, 7) is 6.83. The van der Waals surface area contributed by atoms with Crippen LogP contribution in [0.4, 0.5) is 0 Å². The molecule has 0 spiro atoms. The average molecular weight is 397 g/mol. The summed E-state index contributed by atoms with van der Waals surface area (Å²) in [5.41, 5.74) is 2.26. The molecule has 1 saturated carbocycles. The quantitative estimate of drug-likeness (QED) is 0.500. The van der Waals surface area contributed by atoms with Gasteiger partial charge in [0, 0.05) is 17.1 Å². The number of hydrogen-bond donors (Lipinski definition) is 1. The zero-order valence-electron chi connectivity index (χ0n) is 13.8. The van der Waals surface area contributed by atoms with Gasteiger partial charge in [0.1, 0.15) is 0 Å². The molecule has 0 bridgehead atoms. The number of rotatable bonds is 6. The van der Waals surface area contributed by atoms with Crippen molar-refractivity contribution in [2.24, 2.45) is 11.8 Å². The highest BCUT2D eigenvalue weighted by atomic mass is 79.9. The highest BCUT2D eigenvalue weighted by molar-refractivity contribution is 9.10. The Hall–Kier alpha value is -1.06. The monoisotopic (exact) mass is 395 g/mol. The SMILES string of the molecule is CC(C=CC1CC1c1ccc(Br)c(Cl)c1)=CC(=O)NCC(C)C. The highest BCUT2D eigenvalue weighted by Gasteiger charge is 2.36. The zero-order valence-corrected chi connectivity index (χ0v) is 16.1. The van der Waals surface area contributed by atoms with Gasteiger partial charge in [0.05, 0.1) is 5.02 Å². The fraction of sp³-hybridized carbons (Fsp3) is 0.421. The number of benzene rings is 1. The van der Waals surface area contributed by atoms with Crippen LogP contribution in [0.5, 0.6) is 0 Å². The number of allylic oxidation sites excluding steroid dienone is 3. The summed E-state index contributed by atoms with van der Waals surface area (Å²) in [7, 11) is 0. The van der Waals surface area contributed by atoms with Gasteiger partial charge in [-0.25, -0.2) is 0 Å². The van der Waals surface area contributed by atoms with Crippen molar-refractivity contribution >= 4 is 33.4 Å². The van der Waals surface area contributed by atoms with E-state index in [1.165, 1.54) is 5.56 Å². The van der Waals surface area contributed by atoms with E-state index in [1.807, 2.05) is 25.1 Å². The molecule has 2 unspecified atom stereocenters. The molecule has 0 aromatic heterocycles. The van der Waals surface area contributed by atoms with Gasteiger partial charge in [-0.1, -0.05) is 43.7 Å². The Morgan fingerprint density at radius 3 is 2.87 bits per heavy atom. The van der Waals surface area contributed by atoms with E-state index in [0.717, 1.165) is 21.5 Å². The first-order valence-electron chi connectivity index (χ1n) is 7.96. The Morgan fingerprint density at radius 2 is 2.22 bits per heavy atom. The zero-order chi connectivity index (χ0) is 17.0. The second-order valence-electron chi connectivity index (χ2n) is 6.57. The lowest BCUT2D eigenvalue weighted by atomic mass is 10.1. The number of nitrogens with one attached hydrogen (secondary N) is 1. The van der Waals surface area contributed by atoms with Gasteiger partial charge in [0.15, 0.2) is 0 Å². The lowest BCUT2D eigenvalue weighted by Gasteiger charge is -2.04. The summed E-state index contributed by atoms with van der Waals surface area (Å²) in [5.74, 6) is 1.52. The van der Waals surface area contributed by atoms with E-state index in [-0.39, 0.29) is 5.91 Å². The van der Waals surface area contributed by atoms with Crippen LogP contribution < -0.4 is 5.32 Å². The molecule has 0 heterocycles. The van der Waals surface area contributed by atoms with E-state index in [4.69, 9.17) is 11.6 Å². The molecule has 1 aromatic carbocycles. The number of amides is 1. The van der Waals surface area contributed by atoms with Crippen molar-refractivity contribution in [1.82, 2.24) is 5.32 Å². The molecule has 1 aromatic rings. The maximum absolute atomic E-state index is 11.7. The molecule has 0 saturated heterocycles.